The number of hydrogen-bond donors (Lipinski definition) is 1. The number of hydrogen-bond acceptors (Lipinski definition) is 2. The molecule has 78 valence electrons. The monoisotopic (exact) mass is 203 g/mol. The van der Waals surface area contributed by atoms with Crippen molar-refractivity contribution in [3.8, 4) is 0 Å². The number of nitrogens with one attached hydrogen (secondary N) is 1. The summed E-state index contributed by atoms with van der Waals surface area (Å²) >= 11 is 0. The lowest BCUT2D eigenvalue weighted by Gasteiger charge is -2.08. The Kier molecular flexibility index (Phi) is 1.71. The molecule has 2 aromatic rings. The van der Waals surface area contributed by atoms with E-state index in [1.807, 2.05) is 6.92 Å². The maximum Gasteiger partial charge on any atom is 0.272 e. The minimum absolute atomic E-state index is 0.00750. The standard InChI is InChI=1S/C11H13N3O/c1-7-6-10(15)14-11(12-7)8-4-2-3-5-9(8)13-14/h6,13H,2-5H2,1H3. The molecule has 0 aliphatic heterocycles. The Labute approximate surface area is 86.9 Å². The van der Waals surface area contributed by atoms with Gasteiger partial charge >= 0.3 is 0 Å². The zero-order chi connectivity index (χ0) is 10.4. The predicted octanol–water partition coefficient (Wildman–Crippen LogP) is 1.21. The normalized spacial score (nSPS) is 15.5. The lowest BCUT2D eigenvalue weighted by Crippen LogP contribution is -2.14. The van der Waals surface area contributed by atoms with E-state index in [1.54, 1.807) is 10.6 Å². The molecule has 1 aliphatic carbocycles. The lowest BCUT2D eigenvalue weighted by atomic mass is 9.98. The second-order valence-corrected chi connectivity index (χ2v) is 4.17. The van der Waals surface area contributed by atoms with E-state index in [9.17, 15) is 4.79 Å². The Hall–Kier alpha value is -1.58. The van der Waals surface area contributed by atoms with Gasteiger partial charge in [0.15, 0.2) is 5.65 Å². The van der Waals surface area contributed by atoms with Crippen molar-refractivity contribution in [3.63, 3.8) is 0 Å². The Bertz CT molecular complexity index is 579. The largest absolute Gasteiger partial charge is 0.293 e. The third kappa shape index (κ3) is 1.21. The van der Waals surface area contributed by atoms with Gasteiger partial charge in [-0.15, -0.1) is 0 Å². The number of rotatable bonds is 0. The molecule has 2 aromatic heterocycles. The summed E-state index contributed by atoms with van der Waals surface area (Å²) in [6.07, 6.45) is 4.48. The van der Waals surface area contributed by atoms with Crippen LogP contribution in [0, 0.1) is 6.92 Å². The fourth-order valence-corrected chi connectivity index (χ4v) is 2.32. The van der Waals surface area contributed by atoms with Crippen molar-refractivity contribution in [2.75, 3.05) is 0 Å². The van der Waals surface area contributed by atoms with E-state index in [0.29, 0.717) is 0 Å². The van der Waals surface area contributed by atoms with E-state index >= 15 is 0 Å². The van der Waals surface area contributed by atoms with E-state index in [2.05, 4.69) is 10.1 Å². The van der Waals surface area contributed by atoms with Gasteiger partial charge in [0.25, 0.3) is 5.56 Å². The van der Waals surface area contributed by atoms with Crippen molar-refractivity contribution in [1.29, 1.82) is 0 Å². The second-order valence-electron chi connectivity index (χ2n) is 4.17. The van der Waals surface area contributed by atoms with Crippen LogP contribution in [0.2, 0.25) is 0 Å². The van der Waals surface area contributed by atoms with Gasteiger partial charge < -0.3 is 0 Å². The number of fused-ring (bicyclic) bond motifs is 3. The lowest BCUT2D eigenvalue weighted by molar-refractivity contribution is 0.672. The van der Waals surface area contributed by atoms with E-state index in [0.717, 1.165) is 24.2 Å². The highest BCUT2D eigenvalue weighted by molar-refractivity contribution is 5.51. The minimum atomic E-state index is -0.00750. The molecule has 1 aliphatic rings. The van der Waals surface area contributed by atoms with Crippen LogP contribution in [0.1, 0.15) is 29.8 Å². The van der Waals surface area contributed by atoms with Crippen LogP contribution in [0.15, 0.2) is 10.9 Å². The van der Waals surface area contributed by atoms with Crippen LogP contribution >= 0.6 is 0 Å². The first-order valence-electron chi connectivity index (χ1n) is 5.36. The molecule has 0 radical (unpaired) electrons. The van der Waals surface area contributed by atoms with Gasteiger partial charge in [-0.25, -0.2) is 9.50 Å². The minimum Gasteiger partial charge on any atom is -0.293 e. The Balaban J connectivity index is 2.42. The fraction of sp³-hybridized carbons (Fsp3) is 0.455. The number of aryl methyl sites for hydroxylation is 3. The molecule has 15 heavy (non-hydrogen) atoms. The van der Waals surface area contributed by atoms with Gasteiger partial charge in [-0.1, -0.05) is 0 Å². The summed E-state index contributed by atoms with van der Waals surface area (Å²) in [7, 11) is 0. The summed E-state index contributed by atoms with van der Waals surface area (Å²) in [6, 6.07) is 1.56. The molecule has 1 N–H and O–H groups in total. The Morgan fingerprint density at radius 1 is 1.40 bits per heavy atom. The van der Waals surface area contributed by atoms with Crippen LogP contribution in [-0.2, 0) is 12.8 Å². The van der Waals surface area contributed by atoms with Gasteiger partial charge in [-0.3, -0.25) is 9.89 Å². The van der Waals surface area contributed by atoms with E-state index in [4.69, 9.17) is 0 Å². The molecular formula is C11H13N3O. The van der Waals surface area contributed by atoms with Crippen molar-refractivity contribution in [2.24, 2.45) is 0 Å². The highest BCUT2D eigenvalue weighted by atomic mass is 16.1. The first kappa shape index (κ1) is 8.71. The van der Waals surface area contributed by atoms with Crippen molar-refractivity contribution < 1.29 is 0 Å². The number of H-pyrrole nitrogens is 1. The molecule has 0 amide bonds. The fourth-order valence-electron chi connectivity index (χ4n) is 2.32. The zero-order valence-corrected chi connectivity index (χ0v) is 8.71. The average molecular weight is 203 g/mol. The molecule has 0 bridgehead atoms. The molecule has 0 saturated carbocycles. The van der Waals surface area contributed by atoms with E-state index in [1.165, 1.54) is 24.1 Å². The summed E-state index contributed by atoms with van der Waals surface area (Å²) in [4.78, 5) is 16.2. The predicted molar refractivity (Wildman–Crippen MR) is 57.2 cm³/mol. The Morgan fingerprint density at radius 3 is 3.07 bits per heavy atom. The molecule has 4 nitrogen and oxygen atoms in total. The Morgan fingerprint density at radius 2 is 2.20 bits per heavy atom. The average Bonchev–Trinajstić information content (AvgIpc) is 2.57. The van der Waals surface area contributed by atoms with Crippen LogP contribution in [0.3, 0.4) is 0 Å². The van der Waals surface area contributed by atoms with Gasteiger partial charge in [0.05, 0.1) is 0 Å². The first-order valence-corrected chi connectivity index (χ1v) is 5.36. The molecule has 3 rings (SSSR count). The van der Waals surface area contributed by atoms with Crippen molar-refractivity contribution >= 4 is 5.65 Å². The van der Waals surface area contributed by atoms with Gasteiger partial charge in [0.2, 0.25) is 0 Å². The summed E-state index contributed by atoms with van der Waals surface area (Å²) in [5.41, 5.74) is 4.05. The quantitative estimate of drug-likeness (QED) is 0.699. The van der Waals surface area contributed by atoms with E-state index in [-0.39, 0.29) is 5.56 Å². The van der Waals surface area contributed by atoms with Crippen molar-refractivity contribution in [1.82, 2.24) is 14.6 Å². The van der Waals surface area contributed by atoms with Gasteiger partial charge in [-0.2, -0.15) is 0 Å². The highest BCUT2D eigenvalue weighted by Crippen LogP contribution is 2.22. The summed E-state index contributed by atoms with van der Waals surface area (Å²) < 4.78 is 1.57. The molecule has 0 atom stereocenters. The van der Waals surface area contributed by atoms with Crippen LogP contribution in [-0.4, -0.2) is 14.6 Å². The summed E-state index contributed by atoms with van der Waals surface area (Å²) in [5, 5.41) is 3.15. The molecule has 0 unspecified atom stereocenters. The molecule has 0 spiro atoms. The second kappa shape index (κ2) is 2.95. The molecular weight excluding hydrogens is 190 g/mol. The first-order chi connectivity index (χ1) is 7.25. The van der Waals surface area contributed by atoms with Crippen LogP contribution in [0.5, 0.6) is 0 Å². The van der Waals surface area contributed by atoms with Crippen molar-refractivity contribution in [3.05, 3.63) is 33.4 Å². The molecule has 0 aromatic carbocycles. The van der Waals surface area contributed by atoms with Crippen LogP contribution < -0.4 is 5.56 Å². The number of aromatic nitrogens is 3. The highest BCUT2D eigenvalue weighted by Gasteiger charge is 2.17. The number of aromatic amines is 1. The topological polar surface area (TPSA) is 50.2 Å². The molecule has 4 heteroatoms. The third-order valence-corrected chi connectivity index (χ3v) is 3.03. The number of nitrogens with zero attached hydrogens (tertiary/aromatic N) is 2. The van der Waals surface area contributed by atoms with Gasteiger partial charge in [0, 0.05) is 23.0 Å². The van der Waals surface area contributed by atoms with Crippen LogP contribution in [0.25, 0.3) is 5.65 Å². The SMILES string of the molecule is Cc1cc(=O)n2[nH]c3c(c2n1)CCCC3. The summed E-state index contributed by atoms with van der Waals surface area (Å²) in [5.74, 6) is 0. The maximum atomic E-state index is 11.7. The van der Waals surface area contributed by atoms with E-state index < -0.39 is 0 Å². The smallest absolute Gasteiger partial charge is 0.272 e. The molecule has 0 saturated heterocycles. The maximum absolute atomic E-state index is 11.7. The molecule has 0 fully saturated rings. The third-order valence-electron chi connectivity index (χ3n) is 3.03. The molecule has 2 heterocycles. The van der Waals surface area contributed by atoms with Crippen LogP contribution in [0.4, 0.5) is 0 Å². The zero-order valence-electron chi connectivity index (χ0n) is 8.71. The summed E-state index contributed by atoms with van der Waals surface area (Å²) in [6.45, 7) is 1.86. The van der Waals surface area contributed by atoms with Gasteiger partial charge in [0.1, 0.15) is 0 Å². The van der Waals surface area contributed by atoms with Gasteiger partial charge in [-0.05, 0) is 32.6 Å². The van der Waals surface area contributed by atoms with Crippen molar-refractivity contribution in [2.45, 2.75) is 32.6 Å².